The molecule has 0 bridgehead atoms. The Balaban J connectivity index is 2.48. The van der Waals surface area contributed by atoms with Gasteiger partial charge in [-0.25, -0.2) is 0 Å². The van der Waals surface area contributed by atoms with Gasteiger partial charge in [0.05, 0.1) is 6.61 Å². The van der Waals surface area contributed by atoms with Crippen LogP contribution in [-0.4, -0.2) is 21.9 Å². The van der Waals surface area contributed by atoms with Crippen molar-refractivity contribution in [3.63, 3.8) is 0 Å². The van der Waals surface area contributed by atoms with Gasteiger partial charge in [0.2, 0.25) is 0 Å². The molecule has 3 heteroatoms. The van der Waals surface area contributed by atoms with Crippen molar-refractivity contribution < 1.29 is 15.3 Å². The summed E-state index contributed by atoms with van der Waals surface area (Å²) in [6.45, 7) is 6.35. The fourth-order valence-electron chi connectivity index (χ4n) is 2.42. The first-order chi connectivity index (χ1) is 11.4. The Bertz CT molecular complexity index is 606. The van der Waals surface area contributed by atoms with E-state index in [0.29, 0.717) is 6.42 Å². The van der Waals surface area contributed by atoms with E-state index in [1.807, 2.05) is 0 Å². The Morgan fingerprint density at radius 2 is 1.67 bits per heavy atom. The molecule has 0 unspecified atom stereocenters. The predicted molar refractivity (Wildman–Crippen MR) is 100 cm³/mol. The summed E-state index contributed by atoms with van der Waals surface area (Å²) in [7, 11) is 0. The molecule has 3 nitrogen and oxygen atoms in total. The largest absolute Gasteiger partial charge is 0.508 e. The first kappa shape index (κ1) is 20.0. The van der Waals surface area contributed by atoms with Crippen molar-refractivity contribution in [2.45, 2.75) is 52.9 Å². The van der Waals surface area contributed by atoms with Crippen LogP contribution < -0.4 is 0 Å². The summed E-state index contributed by atoms with van der Waals surface area (Å²) in [5.41, 5.74) is 4.35. The van der Waals surface area contributed by atoms with Gasteiger partial charge in [-0.05, 0) is 76.6 Å². The molecule has 0 aliphatic carbocycles. The molecule has 0 aliphatic rings. The highest BCUT2D eigenvalue weighted by Crippen LogP contribution is 2.23. The predicted octanol–water partition coefficient (Wildman–Crippen LogP) is 5.03. The number of aliphatic hydroxyl groups excluding tert-OH is 1. The second kappa shape index (κ2) is 10.7. The monoisotopic (exact) mass is 330 g/mol. The van der Waals surface area contributed by atoms with Crippen molar-refractivity contribution in [3.05, 3.63) is 58.7 Å². The second-order valence-electron chi connectivity index (χ2n) is 6.45. The number of hydrogen-bond acceptors (Lipinski definition) is 3. The fourth-order valence-corrected chi connectivity index (χ4v) is 2.42. The number of allylic oxidation sites excluding steroid dienone is 5. The zero-order valence-corrected chi connectivity index (χ0v) is 15.0. The molecule has 1 rings (SSSR count). The van der Waals surface area contributed by atoms with Crippen LogP contribution in [0.15, 0.2) is 53.1 Å². The van der Waals surface area contributed by atoms with Gasteiger partial charge in [-0.3, -0.25) is 0 Å². The van der Waals surface area contributed by atoms with Crippen LogP contribution in [0.2, 0.25) is 0 Å². The highest BCUT2D eigenvalue weighted by molar-refractivity contribution is 5.39. The van der Waals surface area contributed by atoms with Gasteiger partial charge in [0.15, 0.2) is 0 Å². The Hall–Kier alpha value is -2.00. The molecule has 0 fully saturated rings. The smallest absolute Gasteiger partial charge is 0.119 e. The van der Waals surface area contributed by atoms with E-state index in [1.165, 1.54) is 23.3 Å². The maximum atomic E-state index is 9.77. The van der Waals surface area contributed by atoms with Gasteiger partial charge in [-0.15, -0.1) is 0 Å². The van der Waals surface area contributed by atoms with Crippen molar-refractivity contribution in [1.82, 2.24) is 0 Å². The van der Waals surface area contributed by atoms with Crippen LogP contribution in [0.1, 0.15) is 52.0 Å². The number of aromatic hydroxyl groups is 2. The van der Waals surface area contributed by atoms with Gasteiger partial charge < -0.3 is 15.3 Å². The highest BCUT2D eigenvalue weighted by atomic mass is 16.3. The third-order valence-electron chi connectivity index (χ3n) is 3.93. The summed E-state index contributed by atoms with van der Waals surface area (Å²) in [5, 5.41) is 28.6. The summed E-state index contributed by atoms with van der Waals surface area (Å²) in [6.07, 6.45) is 10.7. The molecule has 0 atom stereocenters. The summed E-state index contributed by atoms with van der Waals surface area (Å²) in [4.78, 5) is 0. The summed E-state index contributed by atoms with van der Waals surface area (Å²) >= 11 is 0. The lowest BCUT2D eigenvalue weighted by Gasteiger charge is -2.05. The van der Waals surface area contributed by atoms with Gasteiger partial charge in [0, 0.05) is 5.56 Å². The Labute approximate surface area is 145 Å². The van der Waals surface area contributed by atoms with E-state index in [1.54, 1.807) is 6.07 Å². The average molecular weight is 330 g/mol. The number of benzene rings is 1. The topological polar surface area (TPSA) is 60.7 Å². The van der Waals surface area contributed by atoms with E-state index < -0.39 is 0 Å². The van der Waals surface area contributed by atoms with Crippen molar-refractivity contribution in [1.29, 1.82) is 0 Å². The van der Waals surface area contributed by atoms with Gasteiger partial charge in [0.25, 0.3) is 0 Å². The van der Waals surface area contributed by atoms with Crippen LogP contribution in [0.4, 0.5) is 0 Å². The van der Waals surface area contributed by atoms with Crippen LogP contribution in [0.5, 0.6) is 11.5 Å². The average Bonchev–Trinajstić information content (AvgIpc) is 2.54. The van der Waals surface area contributed by atoms with E-state index in [4.69, 9.17) is 0 Å². The number of rotatable bonds is 9. The number of hydrogen-bond donors (Lipinski definition) is 3. The summed E-state index contributed by atoms with van der Waals surface area (Å²) in [6, 6.07) is 4.58. The van der Waals surface area contributed by atoms with Crippen LogP contribution in [-0.2, 0) is 6.42 Å². The van der Waals surface area contributed by atoms with E-state index in [0.717, 1.165) is 36.8 Å². The Morgan fingerprint density at radius 1 is 0.958 bits per heavy atom. The zero-order valence-electron chi connectivity index (χ0n) is 15.0. The molecule has 0 spiro atoms. The van der Waals surface area contributed by atoms with E-state index in [-0.39, 0.29) is 18.1 Å². The second-order valence-corrected chi connectivity index (χ2v) is 6.45. The normalized spacial score (nSPS) is 12.3. The lowest BCUT2D eigenvalue weighted by atomic mass is 10.0. The molecule has 0 saturated heterocycles. The molecule has 0 heterocycles. The van der Waals surface area contributed by atoms with E-state index in [2.05, 4.69) is 39.0 Å². The van der Waals surface area contributed by atoms with Crippen molar-refractivity contribution in [2.24, 2.45) is 0 Å². The quantitative estimate of drug-likeness (QED) is 0.439. The summed E-state index contributed by atoms with van der Waals surface area (Å²) in [5.74, 6) is 0.374. The molecule has 132 valence electrons. The van der Waals surface area contributed by atoms with E-state index in [9.17, 15) is 15.3 Å². The first-order valence-corrected chi connectivity index (χ1v) is 8.51. The Kier molecular flexibility index (Phi) is 8.95. The molecule has 0 amide bonds. The standard InChI is InChI=1S/C21H30O3/c1-16(2)6-4-8-18(15-22)9-5-7-17(3)10-11-19-14-20(23)12-13-21(19)24/h6,9-10,12-14,22-24H,4-5,7-8,11,15H2,1-3H3/b17-10+,18-9-. The number of phenols is 2. The van der Waals surface area contributed by atoms with Gasteiger partial charge in [-0.1, -0.05) is 29.4 Å². The molecule has 24 heavy (non-hydrogen) atoms. The molecular weight excluding hydrogens is 300 g/mol. The van der Waals surface area contributed by atoms with Gasteiger partial charge in [0.1, 0.15) is 11.5 Å². The number of phenolic OH excluding ortho intramolecular Hbond substituents is 2. The SMILES string of the molecule is CC(C)=CCC/C(=C/CC/C(C)=C/Cc1cc(O)ccc1O)CO. The summed E-state index contributed by atoms with van der Waals surface area (Å²) < 4.78 is 0. The first-order valence-electron chi connectivity index (χ1n) is 8.51. The van der Waals surface area contributed by atoms with Crippen molar-refractivity contribution in [2.75, 3.05) is 6.61 Å². The minimum Gasteiger partial charge on any atom is -0.508 e. The molecule has 0 saturated carbocycles. The highest BCUT2D eigenvalue weighted by Gasteiger charge is 2.01. The zero-order chi connectivity index (χ0) is 17.9. The molecule has 0 aliphatic heterocycles. The third kappa shape index (κ3) is 8.02. The van der Waals surface area contributed by atoms with Crippen molar-refractivity contribution in [3.8, 4) is 11.5 Å². The van der Waals surface area contributed by atoms with Crippen LogP contribution in [0, 0.1) is 0 Å². The lowest BCUT2D eigenvalue weighted by molar-refractivity contribution is 0.326. The van der Waals surface area contributed by atoms with Gasteiger partial charge in [-0.2, -0.15) is 0 Å². The minimum absolute atomic E-state index is 0.122. The lowest BCUT2D eigenvalue weighted by Crippen LogP contribution is -1.91. The Morgan fingerprint density at radius 3 is 2.33 bits per heavy atom. The maximum Gasteiger partial charge on any atom is 0.119 e. The number of aliphatic hydroxyl groups is 1. The minimum atomic E-state index is 0.122. The molecule has 0 radical (unpaired) electrons. The molecule has 1 aromatic rings. The fraction of sp³-hybridized carbons (Fsp3) is 0.429. The van der Waals surface area contributed by atoms with Crippen molar-refractivity contribution >= 4 is 0 Å². The third-order valence-corrected chi connectivity index (χ3v) is 3.93. The van der Waals surface area contributed by atoms with Gasteiger partial charge >= 0.3 is 0 Å². The van der Waals surface area contributed by atoms with Crippen LogP contribution >= 0.6 is 0 Å². The maximum absolute atomic E-state index is 9.77. The van der Waals surface area contributed by atoms with Crippen LogP contribution in [0.25, 0.3) is 0 Å². The molecule has 3 N–H and O–H groups in total. The molecular formula is C21H30O3. The van der Waals surface area contributed by atoms with Crippen LogP contribution in [0.3, 0.4) is 0 Å². The van der Waals surface area contributed by atoms with E-state index >= 15 is 0 Å². The molecule has 0 aromatic heterocycles. The molecule has 1 aromatic carbocycles.